The number of nitrogens with two attached hydrogens (primary N) is 1. The Morgan fingerprint density at radius 2 is 2.24 bits per heavy atom. The molecule has 0 aromatic carbocycles. The minimum atomic E-state index is -3.74. The maximum atomic E-state index is 12.9. The number of carbonyl (C=O) groups is 1. The van der Waals surface area contributed by atoms with Gasteiger partial charge in [-0.3, -0.25) is 0 Å². The highest BCUT2D eigenvalue weighted by molar-refractivity contribution is 7.89. The number of hydrogen-bond donors (Lipinski definition) is 1. The molecule has 0 saturated carbocycles. The molecule has 0 radical (unpaired) electrons. The Bertz CT molecular complexity index is 609. The van der Waals surface area contributed by atoms with E-state index in [9.17, 15) is 13.2 Å². The van der Waals surface area contributed by atoms with Gasteiger partial charge in [-0.15, -0.1) is 11.3 Å². The van der Waals surface area contributed by atoms with Crippen LogP contribution in [0.15, 0.2) is 16.3 Å². The number of nitrogens with zero attached hydrogens (tertiary/aromatic N) is 1. The zero-order chi connectivity index (χ0) is 15.6. The summed E-state index contributed by atoms with van der Waals surface area (Å²) in [6, 6.07) is 0.980. The van der Waals surface area contributed by atoms with Crippen LogP contribution >= 0.6 is 11.3 Å². The number of ether oxygens (including phenoxy) is 1. The molecule has 8 heteroatoms. The predicted octanol–water partition coefficient (Wildman–Crippen LogP) is 1.43. The molecule has 2 rings (SSSR count). The molecule has 118 valence electrons. The molecule has 2 atom stereocenters. The van der Waals surface area contributed by atoms with Crippen LogP contribution in [0.2, 0.25) is 0 Å². The third-order valence-electron chi connectivity index (χ3n) is 3.69. The fraction of sp³-hybridized carbons (Fsp3) is 0.615. The van der Waals surface area contributed by atoms with E-state index in [0.29, 0.717) is 6.54 Å². The number of hydrogen-bond acceptors (Lipinski definition) is 6. The van der Waals surface area contributed by atoms with Crippen LogP contribution < -0.4 is 5.73 Å². The summed E-state index contributed by atoms with van der Waals surface area (Å²) in [6.07, 6.45) is 2.51. The first-order valence-electron chi connectivity index (χ1n) is 6.83. The van der Waals surface area contributed by atoms with Crippen LogP contribution in [-0.2, 0) is 14.8 Å². The molecule has 2 heterocycles. The number of carbonyl (C=O) groups excluding carboxylic acids is 1. The molecular formula is C13H20N2O4S2. The van der Waals surface area contributed by atoms with Crippen LogP contribution in [0.4, 0.5) is 0 Å². The molecule has 1 aromatic rings. The molecule has 0 amide bonds. The van der Waals surface area contributed by atoms with E-state index in [4.69, 9.17) is 5.73 Å². The van der Waals surface area contributed by atoms with Gasteiger partial charge in [0.2, 0.25) is 10.0 Å². The van der Waals surface area contributed by atoms with Gasteiger partial charge in [0, 0.05) is 18.6 Å². The minimum absolute atomic E-state index is 0.0203. The Labute approximate surface area is 128 Å². The molecular weight excluding hydrogens is 312 g/mol. The van der Waals surface area contributed by atoms with Crippen molar-refractivity contribution in [3.05, 3.63) is 16.3 Å². The van der Waals surface area contributed by atoms with Crippen LogP contribution in [0.3, 0.4) is 0 Å². The van der Waals surface area contributed by atoms with Crippen LogP contribution in [0, 0.1) is 0 Å². The summed E-state index contributed by atoms with van der Waals surface area (Å²) < 4.78 is 31.8. The van der Waals surface area contributed by atoms with Crippen molar-refractivity contribution in [2.75, 3.05) is 13.7 Å². The van der Waals surface area contributed by atoms with E-state index in [1.165, 1.54) is 17.5 Å². The maximum absolute atomic E-state index is 12.9. The number of piperidine rings is 1. The van der Waals surface area contributed by atoms with Gasteiger partial charge in [-0.1, -0.05) is 6.42 Å². The van der Waals surface area contributed by atoms with Gasteiger partial charge >= 0.3 is 5.97 Å². The zero-order valence-corrected chi connectivity index (χ0v) is 13.7. The number of esters is 1. The lowest BCUT2D eigenvalue weighted by Gasteiger charge is -2.36. The first-order chi connectivity index (χ1) is 9.89. The molecule has 2 N–H and O–H groups in total. The standard InChI is InChI=1S/C13H20N2O4S2/c1-9(14)10-5-3-4-7-15(10)21(17,18)11-6-8-20-12(11)13(16)19-2/h6,8-10H,3-5,7,14H2,1-2H3. The number of thiophene rings is 1. The van der Waals surface area contributed by atoms with E-state index in [1.807, 2.05) is 6.92 Å². The monoisotopic (exact) mass is 332 g/mol. The lowest BCUT2D eigenvalue weighted by molar-refractivity contribution is 0.0602. The molecule has 2 unspecified atom stereocenters. The van der Waals surface area contributed by atoms with Gasteiger partial charge in [0.05, 0.1) is 7.11 Å². The second-order valence-electron chi connectivity index (χ2n) is 5.14. The van der Waals surface area contributed by atoms with Crippen molar-refractivity contribution in [1.29, 1.82) is 0 Å². The minimum Gasteiger partial charge on any atom is -0.465 e. The quantitative estimate of drug-likeness (QED) is 0.842. The third kappa shape index (κ3) is 3.13. The van der Waals surface area contributed by atoms with E-state index in [0.717, 1.165) is 30.6 Å². The Balaban J connectivity index is 2.41. The summed E-state index contributed by atoms with van der Waals surface area (Å²) >= 11 is 1.07. The summed E-state index contributed by atoms with van der Waals surface area (Å²) in [6.45, 7) is 2.25. The zero-order valence-electron chi connectivity index (χ0n) is 12.1. The Kier molecular flexibility index (Phi) is 5.03. The summed E-state index contributed by atoms with van der Waals surface area (Å²) in [5.74, 6) is -0.627. The molecule has 0 spiro atoms. The number of rotatable bonds is 4. The predicted molar refractivity (Wildman–Crippen MR) is 80.8 cm³/mol. The van der Waals surface area contributed by atoms with Crippen molar-refractivity contribution in [3.63, 3.8) is 0 Å². The molecule has 1 aliphatic rings. The van der Waals surface area contributed by atoms with E-state index in [-0.39, 0.29) is 21.9 Å². The molecule has 1 saturated heterocycles. The highest BCUT2D eigenvalue weighted by Gasteiger charge is 2.37. The third-order valence-corrected chi connectivity index (χ3v) is 6.68. The van der Waals surface area contributed by atoms with Crippen molar-refractivity contribution in [3.8, 4) is 0 Å². The highest BCUT2D eigenvalue weighted by atomic mass is 32.2. The molecule has 1 aliphatic heterocycles. The van der Waals surface area contributed by atoms with Crippen molar-refractivity contribution >= 4 is 27.3 Å². The average molecular weight is 332 g/mol. The number of methoxy groups -OCH3 is 1. The molecule has 0 bridgehead atoms. The van der Waals surface area contributed by atoms with Crippen molar-refractivity contribution in [2.24, 2.45) is 5.73 Å². The normalized spacial score (nSPS) is 22.0. The Morgan fingerprint density at radius 3 is 2.86 bits per heavy atom. The maximum Gasteiger partial charge on any atom is 0.349 e. The van der Waals surface area contributed by atoms with Crippen LogP contribution in [0.1, 0.15) is 35.9 Å². The van der Waals surface area contributed by atoms with Gasteiger partial charge in [-0.25, -0.2) is 13.2 Å². The van der Waals surface area contributed by atoms with E-state index in [2.05, 4.69) is 4.74 Å². The fourth-order valence-corrected chi connectivity index (χ4v) is 5.71. The molecule has 1 fully saturated rings. The lowest BCUT2D eigenvalue weighted by Crippen LogP contribution is -2.51. The van der Waals surface area contributed by atoms with Crippen molar-refractivity contribution in [2.45, 2.75) is 43.2 Å². The summed E-state index contributed by atoms with van der Waals surface area (Å²) in [5.41, 5.74) is 5.94. The second-order valence-corrected chi connectivity index (χ2v) is 7.92. The molecule has 1 aromatic heterocycles. The largest absolute Gasteiger partial charge is 0.465 e. The van der Waals surface area contributed by atoms with Gasteiger partial charge in [0.25, 0.3) is 0 Å². The number of sulfonamides is 1. The SMILES string of the molecule is COC(=O)c1sccc1S(=O)(=O)N1CCCCC1C(C)N. The summed E-state index contributed by atoms with van der Waals surface area (Å²) in [7, 11) is -2.50. The summed E-state index contributed by atoms with van der Waals surface area (Å²) in [5, 5.41) is 1.59. The van der Waals surface area contributed by atoms with Gasteiger partial charge < -0.3 is 10.5 Å². The van der Waals surface area contributed by atoms with Crippen molar-refractivity contribution < 1.29 is 17.9 Å². The van der Waals surface area contributed by atoms with E-state index in [1.54, 1.807) is 5.38 Å². The average Bonchev–Trinajstić information content (AvgIpc) is 2.96. The fourth-order valence-electron chi connectivity index (χ4n) is 2.62. The summed E-state index contributed by atoms with van der Waals surface area (Å²) in [4.78, 5) is 11.9. The van der Waals surface area contributed by atoms with E-state index >= 15 is 0 Å². The van der Waals surface area contributed by atoms with Gasteiger partial charge in [0.15, 0.2) is 0 Å². The van der Waals surface area contributed by atoms with E-state index < -0.39 is 16.0 Å². The van der Waals surface area contributed by atoms with Crippen LogP contribution in [0.25, 0.3) is 0 Å². The Hall–Kier alpha value is -0.960. The topological polar surface area (TPSA) is 89.7 Å². The first kappa shape index (κ1) is 16.4. The first-order valence-corrected chi connectivity index (χ1v) is 9.14. The lowest BCUT2D eigenvalue weighted by atomic mass is 10.00. The van der Waals surface area contributed by atoms with Crippen molar-refractivity contribution in [1.82, 2.24) is 4.31 Å². The smallest absolute Gasteiger partial charge is 0.349 e. The van der Waals surface area contributed by atoms with Gasteiger partial charge in [-0.05, 0) is 31.2 Å². The highest BCUT2D eigenvalue weighted by Crippen LogP contribution is 2.31. The van der Waals surface area contributed by atoms with Crippen LogP contribution in [-0.4, -0.2) is 44.4 Å². The van der Waals surface area contributed by atoms with Crippen LogP contribution in [0.5, 0.6) is 0 Å². The molecule has 6 nitrogen and oxygen atoms in total. The van der Waals surface area contributed by atoms with Gasteiger partial charge in [-0.2, -0.15) is 4.31 Å². The molecule has 21 heavy (non-hydrogen) atoms. The second kappa shape index (κ2) is 6.43. The van der Waals surface area contributed by atoms with Gasteiger partial charge in [0.1, 0.15) is 9.77 Å². The Morgan fingerprint density at radius 1 is 1.52 bits per heavy atom. The molecule has 0 aliphatic carbocycles.